The topological polar surface area (TPSA) is 56.6 Å². The number of hydrogen-bond donors (Lipinski definition) is 0. The lowest BCUT2D eigenvalue weighted by Gasteiger charge is -2.24. The first-order valence-electron chi connectivity index (χ1n) is 12.0. The monoisotopic (exact) mass is 454 g/mol. The van der Waals surface area contributed by atoms with E-state index in [2.05, 4.69) is 16.8 Å². The van der Waals surface area contributed by atoms with Gasteiger partial charge in [0.2, 0.25) is 0 Å². The van der Waals surface area contributed by atoms with E-state index in [-0.39, 0.29) is 29.4 Å². The Balaban J connectivity index is 1.72. The number of fused-ring (bicyclic) bond motifs is 9. The molecule has 3 aromatic rings. The molecule has 0 N–H and O–H groups in total. The molecule has 3 heterocycles. The van der Waals surface area contributed by atoms with E-state index in [9.17, 15) is 13.6 Å². The van der Waals surface area contributed by atoms with Gasteiger partial charge in [-0.15, -0.1) is 0 Å². The van der Waals surface area contributed by atoms with Gasteiger partial charge in [-0.1, -0.05) is 17.9 Å². The summed E-state index contributed by atoms with van der Waals surface area (Å²) in [5.74, 6) is 5.63. The van der Waals surface area contributed by atoms with Crippen molar-refractivity contribution in [2.45, 2.75) is 44.6 Å². The van der Waals surface area contributed by atoms with Gasteiger partial charge in [-0.05, 0) is 37.3 Å². The molecule has 0 aliphatic carbocycles. The number of halogens is 2. The molecule has 2 aromatic carbocycles. The van der Waals surface area contributed by atoms with Crippen LogP contribution in [0.4, 0.5) is 8.78 Å². The number of carbonyl (C=O) groups is 1. The fraction of sp³-hybridized carbons (Fsp3) is 0.360. The summed E-state index contributed by atoms with van der Waals surface area (Å²) >= 11 is 0. The van der Waals surface area contributed by atoms with Crippen LogP contribution in [-0.2, 0) is 4.74 Å². The first-order chi connectivity index (χ1) is 17.1. The van der Waals surface area contributed by atoms with Gasteiger partial charge in [-0.2, -0.15) is 8.78 Å². The first kappa shape index (κ1) is 18.0. The summed E-state index contributed by atoms with van der Waals surface area (Å²) in [7, 11) is 1.62. The second-order valence-electron chi connectivity index (χ2n) is 8.13. The molecule has 33 heavy (non-hydrogen) atoms. The maximum absolute atomic E-state index is 13.4. The average Bonchev–Trinajstić information content (AvgIpc) is 3.30. The summed E-state index contributed by atoms with van der Waals surface area (Å²) in [5.41, 5.74) is 2.22. The summed E-state index contributed by atoms with van der Waals surface area (Å²) in [4.78, 5) is 18.9. The number of benzene rings is 2. The lowest BCUT2D eigenvalue weighted by atomic mass is 9.97. The summed E-state index contributed by atoms with van der Waals surface area (Å²) in [6.07, 6.45) is 0.693. The third-order valence-corrected chi connectivity index (χ3v) is 6.17. The van der Waals surface area contributed by atoms with Crippen molar-refractivity contribution in [1.29, 1.82) is 0 Å². The molecule has 0 unspecified atom stereocenters. The van der Waals surface area contributed by atoms with E-state index in [0.29, 0.717) is 28.8 Å². The maximum Gasteiger partial charge on any atom is 0.387 e. The number of aromatic nitrogens is 2. The van der Waals surface area contributed by atoms with Crippen LogP contribution in [0.5, 0.6) is 5.75 Å². The molecule has 3 atom stereocenters. The third kappa shape index (κ3) is 3.53. The second kappa shape index (κ2) is 8.16. The van der Waals surface area contributed by atoms with Crippen molar-refractivity contribution >= 4 is 16.9 Å². The van der Waals surface area contributed by atoms with Gasteiger partial charge in [0.25, 0.3) is 5.91 Å². The molecular formula is C25H23F2N3O3. The minimum Gasteiger partial charge on any atom is -0.434 e. The van der Waals surface area contributed by atoms with Gasteiger partial charge in [-0.25, -0.2) is 4.98 Å². The van der Waals surface area contributed by atoms with Crippen LogP contribution in [0, 0.1) is 11.8 Å². The fourth-order valence-electron chi connectivity index (χ4n) is 4.57. The summed E-state index contributed by atoms with van der Waals surface area (Å²) in [6, 6.07) is 8.15. The minimum absolute atomic E-state index is 0.0170. The fourth-order valence-corrected chi connectivity index (χ4v) is 4.57. The third-order valence-electron chi connectivity index (χ3n) is 6.17. The van der Waals surface area contributed by atoms with Crippen LogP contribution in [0.25, 0.3) is 11.0 Å². The number of methoxy groups -OCH3 is 1. The van der Waals surface area contributed by atoms with Crippen molar-refractivity contribution < 1.29 is 27.2 Å². The van der Waals surface area contributed by atoms with Gasteiger partial charge in [0, 0.05) is 47.7 Å². The second-order valence-corrected chi connectivity index (χ2v) is 8.13. The number of imidazole rings is 1. The molecule has 170 valence electrons. The molecule has 8 heteroatoms. The van der Waals surface area contributed by atoms with Gasteiger partial charge in [0.1, 0.15) is 11.6 Å². The number of nitrogens with zero attached hydrogens (tertiary/aromatic N) is 3. The predicted octanol–water partition coefficient (Wildman–Crippen LogP) is 4.53. The Bertz CT molecular complexity index is 1410. The Hall–Kier alpha value is -3.44. The van der Waals surface area contributed by atoms with E-state index in [4.69, 9.17) is 13.6 Å². The van der Waals surface area contributed by atoms with Crippen LogP contribution in [0.1, 0.15) is 63.3 Å². The van der Waals surface area contributed by atoms with E-state index in [0.717, 1.165) is 4.90 Å². The van der Waals surface area contributed by atoms with Crippen molar-refractivity contribution in [3.05, 3.63) is 58.9 Å². The van der Waals surface area contributed by atoms with Crippen LogP contribution < -0.4 is 4.74 Å². The highest BCUT2D eigenvalue weighted by molar-refractivity contribution is 5.97. The molecule has 2 aliphatic heterocycles. The highest BCUT2D eigenvalue weighted by Gasteiger charge is 2.44. The maximum atomic E-state index is 13.4. The number of ether oxygens (including phenoxy) is 2. The number of alkyl halides is 2. The number of carbonyl (C=O) groups excluding carboxylic acids is 1. The SMILES string of the molecule is [2H]C([2H])([2H])N1C(=O)c2cccc(OC(F)F)c2[C@H]2C[C@@H]1c1nc3ccc(C#CC[C@@H](C)OC)cc3n12. The van der Waals surface area contributed by atoms with Gasteiger partial charge in [0.05, 0.1) is 29.2 Å². The molecule has 0 saturated heterocycles. The Kier molecular flexibility index (Phi) is 4.46. The molecule has 6 nitrogen and oxygen atoms in total. The largest absolute Gasteiger partial charge is 0.434 e. The summed E-state index contributed by atoms with van der Waals surface area (Å²) < 4.78 is 62.6. The van der Waals surface area contributed by atoms with E-state index in [1.165, 1.54) is 18.2 Å². The summed E-state index contributed by atoms with van der Waals surface area (Å²) in [5, 5.41) is 0. The van der Waals surface area contributed by atoms with Crippen molar-refractivity contribution in [2.24, 2.45) is 0 Å². The van der Waals surface area contributed by atoms with Crippen LogP contribution in [0.3, 0.4) is 0 Å². The van der Waals surface area contributed by atoms with Crippen molar-refractivity contribution in [2.75, 3.05) is 14.1 Å². The Morgan fingerprint density at radius 3 is 2.91 bits per heavy atom. The lowest BCUT2D eigenvalue weighted by molar-refractivity contribution is -0.0507. The Morgan fingerprint density at radius 1 is 1.30 bits per heavy atom. The van der Waals surface area contributed by atoms with Crippen molar-refractivity contribution in [1.82, 2.24) is 14.5 Å². The van der Waals surface area contributed by atoms with Crippen molar-refractivity contribution in [3.63, 3.8) is 0 Å². The van der Waals surface area contributed by atoms with Gasteiger partial charge in [-0.3, -0.25) is 4.79 Å². The number of amides is 1. The van der Waals surface area contributed by atoms with E-state index >= 15 is 0 Å². The molecule has 1 amide bonds. The summed E-state index contributed by atoms with van der Waals surface area (Å²) in [6.45, 7) is -3.96. The van der Waals surface area contributed by atoms with Gasteiger partial charge in [0.15, 0.2) is 0 Å². The highest BCUT2D eigenvalue weighted by atomic mass is 19.3. The van der Waals surface area contributed by atoms with Gasteiger partial charge < -0.3 is 18.9 Å². The molecule has 0 fully saturated rings. The van der Waals surface area contributed by atoms with E-state index in [1.54, 1.807) is 13.2 Å². The molecule has 1 aromatic heterocycles. The van der Waals surface area contributed by atoms with Crippen molar-refractivity contribution in [3.8, 4) is 17.6 Å². The van der Waals surface area contributed by atoms with Crippen LogP contribution in [-0.4, -0.2) is 47.2 Å². The zero-order chi connectivity index (χ0) is 25.8. The quantitative estimate of drug-likeness (QED) is 0.544. The van der Waals surface area contributed by atoms with Crippen LogP contribution >= 0.6 is 0 Å². The van der Waals surface area contributed by atoms with E-state index in [1.807, 2.05) is 23.6 Å². The molecule has 5 rings (SSSR count). The number of rotatable bonds is 4. The highest BCUT2D eigenvalue weighted by Crippen LogP contribution is 2.49. The standard InChI is InChI=1S/C25H23F2N3O3/c1-14(32-3)6-4-7-15-10-11-17-18(12-15)30-19-13-20(23(30)28-17)29(2)24(31)16-8-5-9-21(22(16)19)33-25(26)27/h5,8-12,14,19-20,25H,6,13H2,1-3H3/t14-,19-,20-/m1/s1/i2D3. The smallest absolute Gasteiger partial charge is 0.387 e. The molecule has 0 radical (unpaired) electrons. The molecule has 0 saturated carbocycles. The average molecular weight is 454 g/mol. The van der Waals surface area contributed by atoms with Crippen LogP contribution in [0.2, 0.25) is 0 Å². The Morgan fingerprint density at radius 2 is 2.15 bits per heavy atom. The molecule has 0 spiro atoms. The molecular weight excluding hydrogens is 428 g/mol. The zero-order valence-corrected chi connectivity index (χ0v) is 18.0. The van der Waals surface area contributed by atoms with Gasteiger partial charge >= 0.3 is 6.61 Å². The lowest BCUT2D eigenvalue weighted by Crippen LogP contribution is -2.30. The van der Waals surface area contributed by atoms with Crippen LogP contribution in [0.15, 0.2) is 36.4 Å². The zero-order valence-electron chi connectivity index (χ0n) is 21.0. The normalized spacial score (nSPS) is 21.4. The van der Waals surface area contributed by atoms with E-state index < -0.39 is 31.6 Å². The molecule has 2 bridgehead atoms. The number of hydrogen-bond acceptors (Lipinski definition) is 4. The first-order valence-corrected chi connectivity index (χ1v) is 10.5. The molecule has 2 aliphatic rings. The minimum atomic E-state index is -3.11. The Labute approximate surface area is 194 Å². The predicted molar refractivity (Wildman–Crippen MR) is 118 cm³/mol.